The average Bonchev–Trinajstić information content (AvgIpc) is 1.65. The molecule has 0 fully saturated rings. The highest BCUT2D eigenvalue weighted by Crippen LogP contribution is 1.91. The SMILES string of the molecule is CC(C)=CC(O)C#N. The van der Waals surface area contributed by atoms with Gasteiger partial charge in [0.2, 0.25) is 0 Å². The molecule has 0 aromatic carbocycles. The summed E-state index contributed by atoms with van der Waals surface area (Å²) in [6.45, 7) is 3.67. The van der Waals surface area contributed by atoms with Crippen molar-refractivity contribution in [3.05, 3.63) is 11.6 Å². The summed E-state index contributed by atoms with van der Waals surface area (Å²) in [4.78, 5) is 0. The fourth-order valence-electron chi connectivity index (χ4n) is 0.353. The van der Waals surface area contributed by atoms with Crippen LogP contribution in [0.1, 0.15) is 13.8 Å². The van der Waals surface area contributed by atoms with Crippen LogP contribution in [0.5, 0.6) is 0 Å². The van der Waals surface area contributed by atoms with Crippen molar-refractivity contribution in [3.8, 4) is 6.07 Å². The van der Waals surface area contributed by atoms with Gasteiger partial charge >= 0.3 is 0 Å². The van der Waals surface area contributed by atoms with Crippen LogP contribution in [0.2, 0.25) is 0 Å². The van der Waals surface area contributed by atoms with Gasteiger partial charge in [-0.3, -0.25) is 0 Å². The van der Waals surface area contributed by atoms with Crippen molar-refractivity contribution in [1.29, 1.82) is 5.26 Å². The molecule has 1 atom stereocenters. The normalized spacial score (nSPS) is 11.8. The van der Waals surface area contributed by atoms with Gasteiger partial charge in [0.05, 0.1) is 6.07 Å². The molecule has 0 saturated carbocycles. The Morgan fingerprint density at radius 2 is 2.25 bits per heavy atom. The third kappa shape index (κ3) is 3.38. The van der Waals surface area contributed by atoms with E-state index in [0.717, 1.165) is 5.57 Å². The molecule has 0 saturated heterocycles. The maximum absolute atomic E-state index is 8.59. The number of aliphatic hydroxyl groups excluding tert-OH is 1. The minimum Gasteiger partial charge on any atom is -0.374 e. The molecule has 1 N–H and O–H groups in total. The molecule has 0 radical (unpaired) electrons. The van der Waals surface area contributed by atoms with Crippen LogP contribution in [-0.2, 0) is 0 Å². The number of nitriles is 1. The predicted molar refractivity (Wildman–Crippen MR) is 31.1 cm³/mol. The Morgan fingerprint density at radius 3 is 2.38 bits per heavy atom. The molecule has 8 heavy (non-hydrogen) atoms. The summed E-state index contributed by atoms with van der Waals surface area (Å²) in [6, 6.07) is 1.68. The zero-order valence-corrected chi connectivity index (χ0v) is 5.05. The largest absolute Gasteiger partial charge is 0.374 e. The molecule has 0 aromatic rings. The zero-order valence-electron chi connectivity index (χ0n) is 5.05. The smallest absolute Gasteiger partial charge is 0.159 e. The van der Waals surface area contributed by atoms with Crippen LogP contribution in [0.4, 0.5) is 0 Å². The summed E-state index contributed by atoms with van der Waals surface area (Å²) in [5.41, 5.74) is 0.957. The lowest BCUT2D eigenvalue weighted by Crippen LogP contribution is -1.96. The number of hydrogen-bond acceptors (Lipinski definition) is 2. The molecule has 0 amide bonds. The van der Waals surface area contributed by atoms with E-state index >= 15 is 0 Å². The van der Waals surface area contributed by atoms with Crippen molar-refractivity contribution in [3.63, 3.8) is 0 Å². The lowest BCUT2D eigenvalue weighted by atomic mass is 10.2. The van der Waals surface area contributed by atoms with E-state index in [1.807, 2.05) is 13.8 Å². The molecule has 0 heterocycles. The highest BCUT2D eigenvalue weighted by atomic mass is 16.3. The van der Waals surface area contributed by atoms with E-state index in [-0.39, 0.29) is 0 Å². The van der Waals surface area contributed by atoms with Crippen LogP contribution in [-0.4, -0.2) is 11.2 Å². The fraction of sp³-hybridized carbons (Fsp3) is 0.500. The predicted octanol–water partition coefficient (Wildman–Crippen LogP) is 0.837. The molecule has 0 aliphatic heterocycles. The fourth-order valence-corrected chi connectivity index (χ4v) is 0.353. The Balaban J connectivity index is 3.74. The Kier molecular flexibility index (Phi) is 2.90. The van der Waals surface area contributed by atoms with Crippen LogP contribution in [0.25, 0.3) is 0 Å². The van der Waals surface area contributed by atoms with E-state index in [1.54, 1.807) is 6.07 Å². The monoisotopic (exact) mass is 111 g/mol. The Bertz CT molecular complexity index is 128. The molecule has 2 nitrogen and oxygen atoms in total. The summed E-state index contributed by atoms with van der Waals surface area (Å²) < 4.78 is 0. The second-order valence-electron chi connectivity index (χ2n) is 1.82. The summed E-state index contributed by atoms with van der Waals surface area (Å²) in [7, 11) is 0. The molecular formula is C6H9NO. The number of aliphatic hydroxyl groups is 1. The van der Waals surface area contributed by atoms with Gasteiger partial charge in [0.25, 0.3) is 0 Å². The first-order valence-corrected chi connectivity index (χ1v) is 2.39. The molecule has 1 unspecified atom stereocenters. The van der Waals surface area contributed by atoms with Crippen molar-refractivity contribution in [1.82, 2.24) is 0 Å². The van der Waals surface area contributed by atoms with Crippen molar-refractivity contribution >= 4 is 0 Å². The summed E-state index contributed by atoms with van der Waals surface area (Å²) >= 11 is 0. The molecular weight excluding hydrogens is 102 g/mol. The van der Waals surface area contributed by atoms with E-state index in [4.69, 9.17) is 10.4 Å². The van der Waals surface area contributed by atoms with Crippen molar-refractivity contribution in [2.75, 3.05) is 0 Å². The van der Waals surface area contributed by atoms with Crippen LogP contribution >= 0.6 is 0 Å². The third-order valence-electron chi connectivity index (χ3n) is 0.623. The van der Waals surface area contributed by atoms with E-state index in [1.165, 1.54) is 6.08 Å². The van der Waals surface area contributed by atoms with Crippen LogP contribution in [0, 0.1) is 11.3 Å². The number of hydrogen-bond donors (Lipinski definition) is 1. The van der Waals surface area contributed by atoms with Crippen LogP contribution < -0.4 is 0 Å². The third-order valence-corrected chi connectivity index (χ3v) is 0.623. The molecule has 44 valence electrons. The number of nitrogens with zero attached hydrogens (tertiary/aromatic N) is 1. The van der Waals surface area contributed by atoms with Gasteiger partial charge in [-0.1, -0.05) is 5.57 Å². The minimum atomic E-state index is -0.931. The second-order valence-corrected chi connectivity index (χ2v) is 1.82. The van der Waals surface area contributed by atoms with Crippen molar-refractivity contribution in [2.45, 2.75) is 20.0 Å². The van der Waals surface area contributed by atoms with Gasteiger partial charge in [-0.25, -0.2) is 0 Å². The summed E-state index contributed by atoms with van der Waals surface area (Å²) in [6.07, 6.45) is 0.569. The van der Waals surface area contributed by atoms with Gasteiger partial charge in [0.15, 0.2) is 6.10 Å². The first-order valence-electron chi connectivity index (χ1n) is 2.39. The van der Waals surface area contributed by atoms with Gasteiger partial charge in [0, 0.05) is 0 Å². The van der Waals surface area contributed by atoms with Gasteiger partial charge < -0.3 is 5.11 Å². The first-order chi connectivity index (χ1) is 3.66. The Labute approximate surface area is 49.1 Å². The summed E-state index contributed by atoms with van der Waals surface area (Å²) in [5.74, 6) is 0. The molecule has 0 aliphatic carbocycles. The van der Waals surface area contributed by atoms with Gasteiger partial charge in [-0.2, -0.15) is 5.26 Å². The molecule has 2 heteroatoms. The van der Waals surface area contributed by atoms with Crippen LogP contribution in [0.3, 0.4) is 0 Å². The highest BCUT2D eigenvalue weighted by Gasteiger charge is 1.91. The molecule has 0 aromatic heterocycles. The second kappa shape index (κ2) is 3.23. The van der Waals surface area contributed by atoms with Crippen LogP contribution in [0.15, 0.2) is 11.6 Å². The summed E-state index contributed by atoms with van der Waals surface area (Å²) in [5, 5.41) is 16.6. The minimum absolute atomic E-state index is 0.931. The van der Waals surface area contributed by atoms with Gasteiger partial charge in [0.1, 0.15) is 0 Å². The topological polar surface area (TPSA) is 44.0 Å². The maximum Gasteiger partial charge on any atom is 0.159 e. The van der Waals surface area contributed by atoms with E-state index in [2.05, 4.69) is 0 Å². The molecule has 0 spiro atoms. The van der Waals surface area contributed by atoms with Gasteiger partial charge in [-0.05, 0) is 19.9 Å². The lowest BCUT2D eigenvalue weighted by molar-refractivity contribution is 0.277. The molecule has 0 rings (SSSR count). The quantitative estimate of drug-likeness (QED) is 0.402. The first kappa shape index (κ1) is 7.19. The van der Waals surface area contributed by atoms with E-state index in [0.29, 0.717) is 0 Å². The molecule has 0 aliphatic rings. The molecule has 0 bridgehead atoms. The number of allylic oxidation sites excluding steroid dienone is 1. The lowest BCUT2D eigenvalue weighted by Gasteiger charge is -1.90. The van der Waals surface area contributed by atoms with Crippen molar-refractivity contribution in [2.24, 2.45) is 0 Å². The highest BCUT2D eigenvalue weighted by molar-refractivity contribution is 5.05. The zero-order chi connectivity index (χ0) is 6.57. The number of rotatable bonds is 1. The average molecular weight is 111 g/mol. The standard InChI is InChI=1S/C6H9NO/c1-5(2)3-6(8)4-7/h3,6,8H,1-2H3. The Hall–Kier alpha value is -0.810. The van der Waals surface area contributed by atoms with Gasteiger partial charge in [-0.15, -0.1) is 0 Å². The Morgan fingerprint density at radius 1 is 1.75 bits per heavy atom. The van der Waals surface area contributed by atoms with Crippen molar-refractivity contribution < 1.29 is 5.11 Å². The maximum atomic E-state index is 8.59. The van der Waals surface area contributed by atoms with E-state index in [9.17, 15) is 0 Å². The van der Waals surface area contributed by atoms with E-state index < -0.39 is 6.10 Å².